The van der Waals surface area contributed by atoms with Crippen molar-refractivity contribution in [1.82, 2.24) is 4.90 Å². The van der Waals surface area contributed by atoms with Crippen LogP contribution in [-0.4, -0.2) is 88.4 Å². The molecule has 192 valence electrons. The Kier molecular flexibility index (Phi) is 9.31. The van der Waals surface area contributed by atoms with Crippen molar-refractivity contribution in [3.8, 4) is 5.75 Å². The Morgan fingerprint density at radius 3 is 2.32 bits per heavy atom. The number of nitrogens with zero attached hydrogens (tertiary/aromatic N) is 1. The van der Waals surface area contributed by atoms with E-state index in [2.05, 4.69) is 27.7 Å². The Hall–Kier alpha value is -1.75. The molecule has 2 heterocycles. The largest absolute Gasteiger partial charge is 0.415 e. The third kappa shape index (κ3) is 6.08. The Morgan fingerprint density at radius 1 is 1.09 bits per heavy atom. The number of para-hydroxylation sites is 1. The molecule has 3 rings (SSSR count). The van der Waals surface area contributed by atoms with Gasteiger partial charge >= 0.3 is 6.09 Å². The third-order valence-corrected chi connectivity index (χ3v) is 6.63. The quantitative estimate of drug-likeness (QED) is 0.465. The van der Waals surface area contributed by atoms with Crippen molar-refractivity contribution in [2.75, 3.05) is 26.3 Å². The van der Waals surface area contributed by atoms with Gasteiger partial charge in [-0.05, 0) is 35.8 Å². The third-order valence-electron chi connectivity index (χ3n) is 6.63. The van der Waals surface area contributed by atoms with Crippen LogP contribution in [0, 0.1) is 5.92 Å². The maximum absolute atomic E-state index is 13.1. The fraction of sp³-hybridized carbons (Fsp3) is 0.720. The van der Waals surface area contributed by atoms with Gasteiger partial charge in [-0.2, -0.15) is 0 Å². The van der Waals surface area contributed by atoms with E-state index < -0.39 is 43.4 Å². The number of aliphatic hydroxyl groups is 4. The molecule has 6 atom stereocenters. The molecule has 9 heteroatoms. The summed E-state index contributed by atoms with van der Waals surface area (Å²) in [6.07, 6.45) is -5.34. The summed E-state index contributed by atoms with van der Waals surface area (Å²) >= 11 is 0. The number of carbonyl (C=O) groups excluding carboxylic acids is 1. The lowest BCUT2D eigenvalue weighted by molar-refractivity contribution is -0.303. The van der Waals surface area contributed by atoms with E-state index in [1.165, 1.54) is 0 Å². The average molecular weight is 482 g/mol. The van der Waals surface area contributed by atoms with Crippen LogP contribution < -0.4 is 4.74 Å². The molecule has 1 amide bonds. The highest BCUT2D eigenvalue weighted by Gasteiger charge is 2.44. The van der Waals surface area contributed by atoms with Crippen LogP contribution in [0.15, 0.2) is 18.2 Å². The van der Waals surface area contributed by atoms with Crippen molar-refractivity contribution < 1.29 is 39.4 Å². The fourth-order valence-electron chi connectivity index (χ4n) is 4.56. The monoisotopic (exact) mass is 481 g/mol. The highest BCUT2D eigenvalue weighted by Crippen LogP contribution is 2.35. The van der Waals surface area contributed by atoms with E-state index in [0.717, 1.165) is 24.0 Å². The number of aliphatic hydroxyl groups excluding tert-OH is 4. The number of carbonyl (C=O) groups is 1. The molecule has 34 heavy (non-hydrogen) atoms. The van der Waals surface area contributed by atoms with Gasteiger partial charge in [0.05, 0.1) is 13.2 Å². The summed E-state index contributed by atoms with van der Waals surface area (Å²) in [5.41, 5.74) is 2.00. The van der Waals surface area contributed by atoms with Crippen molar-refractivity contribution in [2.45, 2.75) is 83.1 Å². The molecular formula is C25H39NO8. The van der Waals surface area contributed by atoms with Gasteiger partial charge in [0.15, 0.2) is 6.29 Å². The predicted molar refractivity (Wildman–Crippen MR) is 125 cm³/mol. The second-order valence-corrected chi connectivity index (χ2v) is 9.93. The molecule has 1 aromatic carbocycles. The highest BCUT2D eigenvalue weighted by atomic mass is 16.7. The Labute approximate surface area is 201 Å². The summed E-state index contributed by atoms with van der Waals surface area (Å²) in [4.78, 5) is 14.8. The lowest BCUT2D eigenvalue weighted by atomic mass is 9.94. The molecule has 2 aliphatic heterocycles. The first-order valence-electron chi connectivity index (χ1n) is 12.2. The van der Waals surface area contributed by atoms with E-state index in [0.29, 0.717) is 18.8 Å². The van der Waals surface area contributed by atoms with Gasteiger partial charge < -0.3 is 39.5 Å². The lowest BCUT2D eigenvalue weighted by Crippen LogP contribution is -2.59. The second kappa shape index (κ2) is 11.8. The lowest BCUT2D eigenvalue weighted by Gasteiger charge is -2.40. The zero-order chi connectivity index (χ0) is 25.0. The molecule has 0 spiro atoms. The molecule has 2 saturated heterocycles. The number of amides is 1. The maximum atomic E-state index is 13.1. The molecule has 0 aliphatic carbocycles. The van der Waals surface area contributed by atoms with Gasteiger partial charge in [-0.15, -0.1) is 0 Å². The minimum atomic E-state index is -1.48. The van der Waals surface area contributed by atoms with E-state index in [1.54, 1.807) is 4.90 Å². The molecule has 0 saturated carbocycles. The molecule has 1 aromatic rings. The molecule has 4 N–H and O–H groups in total. The van der Waals surface area contributed by atoms with Crippen LogP contribution >= 0.6 is 0 Å². The van der Waals surface area contributed by atoms with Crippen LogP contribution in [0.5, 0.6) is 5.75 Å². The average Bonchev–Trinajstić information content (AvgIpc) is 2.82. The Morgan fingerprint density at radius 2 is 1.74 bits per heavy atom. The van der Waals surface area contributed by atoms with Crippen LogP contribution in [0.25, 0.3) is 0 Å². The zero-order valence-electron chi connectivity index (χ0n) is 20.5. The Bertz CT molecular complexity index is 788. The molecule has 0 bridgehead atoms. The van der Waals surface area contributed by atoms with Gasteiger partial charge in [0.2, 0.25) is 0 Å². The number of likely N-dealkylation sites (tertiary alicyclic amines) is 1. The summed E-state index contributed by atoms with van der Waals surface area (Å²) in [5.74, 6) is 1.04. The molecule has 2 fully saturated rings. The van der Waals surface area contributed by atoms with Crippen molar-refractivity contribution in [1.29, 1.82) is 0 Å². The number of piperidine rings is 1. The van der Waals surface area contributed by atoms with Crippen molar-refractivity contribution in [2.24, 2.45) is 5.92 Å². The van der Waals surface area contributed by atoms with Crippen LogP contribution in [-0.2, 0) is 9.47 Å². The predicted octanol–water partition coefficient (Wildman–Crippen LogP) is 1.96. The Balaban J connectivity index is 1.62. The van der Waals surface area contributed by atoms with E-state index in [-0.39, 0.29) is 24.4 Å². The summed E-state index contributed by atoms with van der Waals surface area (Å²) in [7, 11) is 0. The molecule has 2 aliphatic rings. The summed E-state index contributed by atoms with van der Waals surface area (Å²) < 4.78 is 17.1. The van der Waals surface area contributed by atoms with Gasteiger partial charge in [-0.3, -0.25) is 0 Å². The maximum Gasteiger partial charge on any atom is 0.415 e. The number of hydrogen-bond donors (Lipinski definition) is 4. The minimum absolute atomic E-state index is 0.0152. The molecular weight excluding hydrogens is 442 g/mol. The van der Waals surface area contributed by atoms with Gasteiger partial charge in [0.25, 0.3) is 0 Å². The second-order valence-electron chi connectivity index (χ2n) is 9.93. The number of rotatable bonds is 7. The van der Waals surface area contributed by atoms with Crippen molar-refractivity contribution in [3.05, 3.63) is 29.3 Å². The SMILES string of the molecule is CC(C)c1cccc(C(C)C)c1OC(=O)N1CCCC(COC2OC(CO)[C@@H](O)C(O)[C@H]2O)C1. The summed E-state index contributed by atoms with van der Waals surface area (Å²) in [6.45, 7) is 8.98. The molecule has 0 radical (unpaired) electrons. The fourth-order valence-corrected chi connectivity index (χ4v) is 4.56. The minimum Gasteiger partial charge on any atom is -0.410 e. The van der Waals surface area contributed by atoms with Crippen LogP contribution in [0.1, 0.15) is 63.5 Å². The van der Waals surface area contributed by atoms with Crippen molar-refractivity contribution in [3.63, 3.8) is 0 Å². The summed E-state index contributed by atoms with van der Waals surface area (Å²) in [5, 5.41) is 39.4. The standard InChI is InChI=1S/C25H39NO8/c1-14(2)17-8-5-9-18(15(3)4)23(17)34-25(31)26-10-6-7-16(11-26)13-32-24-22(30)21(29)20(28)19(12-27)33-24/h5,8-9,14-16,19-22,24,27-30H,6-7,10-13H2,1-4H3/t16?,19?,20-,21?,22-,24?/m1/s1. The van der Waals surface area contributed by atoms with E-state index in [1.807, 2.05) is 18.2 Å². The first-order chi connectivity index (χ1) is 16.1. The van der Waals surface area contributed by atoms with Crippen molar-refractivity contribution >= 4 is 6.09 Å². The number of benzene rings is 1. The number of ether oxygens (including phenoxy) is 3. The van der Waals surface area contributed by atoms with Crippen LogP contribution in [0.4, 0.5) is 4.79 Å². The van der Waals surface area contributed by atoms with Gasteiger partial charge in [0, 0.05) is 19.0 Å². The van der Waals surface area contributed by atoms with Gasteiger partial charge in [-0.1, -0.05) is 45.9 Å². The van der Waals surface area contributed by atoms with Crippen LogP contribution in [0.2, 0.25) is 0 Å². The summed E-state index contributed by atoms with van der Waals surface area (Å²) in [6, 6.07) is 5.98. The molecule has 4 unspecified atom stereocenters. The molecule has 0 aromatic heterocycles. The zero-order valence-corrected chi connectivity index (χ0v) is 20.5. The highest BCUT2D eigenvalue weighted by molar-refractivity contribution is 5.72. The van der Waals surface area contributed by atoms with E-state index >= 15 is 0 Å². The smallest absolute Gasteiger partial charge is 0.410 e. The number of hydrogen-bond acceptors (Lipinski definition) is 8. The normalized spacial score (nSPS) is 30.1. The van der Waals surface area contributed by atoms with Gasteiger partial charge in [-0.25, -0.2) is 4.79 Å². The van der Waals surface area contributed by atoms with Gasteiger partial charge in [0.1, 0.15) is 30.2 Å². The first kappa shape index (κ1) is 26.8. The van der Waals surface area contributed by atoms with E-state index in [4.69, 9.17) is 14.2 Å². The first-order valence-corrected chi connectivity index (χ1v) is 12.2. The van der Waals surface area contributed by atoms with Crippen LogP contribution in [0.3, 0.4) is 0 Å². The topological polar surface area (TPSA) is 129 Å². The molecule has 9 nitrogen and oxygen atoms in total. The van der Waals surface area contributed by atoms with E-state index in [9.17, 15) is 25.2 Å².